The quantitative estimate of drug-likeness (QED) is 0.352. The first-order valence-corrected chi connectivity index (χ1v) is 11.9. The van der Waals surface area contributed by atoms with Crippen molar-refractivity contribution in [2.45, 2.75) is 18.8 Å². The Kier molecular flexibility index (Phi) is 10.3. The summed E-state index contributed by atoms with van der Waals surface area (Å²) in [6.45, 7) is 3.06. The van der Waals surface area contributed by atoms with E-state index in [4.69, 9.17) is 14.2 Å². The standard InChI is InChI=1S/C22H29N5O6S/c1-31-10-11-32-12-13-33-14-19(28)27-8-5-16(6-9-27)22-24-18(15-34-22)21(30)26-25-20(29)17-4-2-3-7-23-17/h2-4,7,15-16H,5-6,8-14H2,1H3,(H,25,29)(H,26,30). The number of likely N-dealkylation sites (tertiary alicyclic amines) is 1. The van der Waals surface area contributed by atoms with Gasteiger partial charge >= 0.3 is 0 Å². The Balaban J connectivity index is 1.36. The largest absolute Gasteiger partial charge is 0.382 e. The fourth-order valence-electron chi connectivity index (χ4n) is 3.31. The van der Waals surface area contributed by atoms with E-state index in [1.165, 1.54) is 17.5 Å². The van der Waals surface area contributed by atoms with Crippen LogP contribution in [0.25, 0.3) is 0 Å². The zero-order valence-corrected chi connectivity index (χ0v) is 19.8. The van der Waals surface area contributed by atoms with Crippen molar-refractivity contribution < 1.29 is 28.6 Å². The maximum Gasteiger partial charge on any atom is 0.289 e. The van der Waals surface area contributed by atoms with Crippen molar-refractivity contribution in [1.29, 1.82) is 0 Å². The van der Waals surface area contributed by atoms with Crippen LogP contribution < -0.4 is 10.9 Å². The van der Waals surface area contributed by atoms with E-state index in [9.17, 15) is 14.4 Å². The van der Waals surface area contributed by atoms with Gasteiger partial charge in [-0.2, -0.15) is 0 Å². The highest BCUT2D eigenvalue weighted by Gasteiger charge is 2.26. The van der Waals surface area contributed by atoms with Crippen LogP contribution in [0.5, 0.6) is 0 Å². The van der Waals surface area contributed by atoms with E-state index in [0.29, 0.717) is 39.5 Å². The molecule has 184 valence electrons. The number of carbonyl (C=O) groups excluding carboxylic acids is 3. The smallest absolute Gasteiger partial charge is 0.289 e. The molecule has 1 aliphatic rings. The van der Waals surface area contributed by atoms with Crippen LogP contribution in [0.1, 0.15) is 44.7 Å². The Bertz CT molecular complexity index is 933. The van der Waals surface area contributed by atoms with Gasteiger partial charge in [-0.25, -0.2) is 4.98 Å². The normalized spacial score (nSPS) is 14.1. The number of carbonyl (C=O) groups is 3. The Morgan fingerprint density at radius 3 is 2.44 bits per heavy atom. The van der Waals surface area contributed by atoms with E-state index in [-0.39, 0.29) is 29.8 Å². The van der Waals surface area contributed by atoms with E-state index >= 15 is 0 Å². The van der Waals surface area contributed by atoms with Crippen molar-refractivity contribution in [3.05, 3.63) is 46.2 Å². The topological polar surface area (TPSA) is 132 Å². The predicted octanol–water partition coefficient (Wildman–Crippen LogP) is 0.999. The number of amides is 3. The summed E-state index contributed by atoms with van der Waals surface area (Å²) in [4.78, 5) is 46.8. The highest BCUT2D eigenvalue weighted by atomic mass is 32.1. The number of ether oxygens (including phenoxy) is 3. The molecule has 3 amide bonds. The predicted molar refractivity (Wildman–Crippen MR) is 123 cm³/mol. The molecule has 0 aromatic carbocycles. The molecular weight excluding hydrogens is 462 g/mol. The fourth-order valence-corrected chi connectivity index (χ4v) is 4.28. The molecule has 12 heteroatoms. The van der Waals surface area contributed by atoms with Crippen LogP contribution in [-0.4, -0.2) is 85.8 Å². The Labute approximate surface area is 201 Å². The third-order valence-electron chi connectivity index (χ3n) is 5.17. The SMILES string of the molecule is COCCOCCOCC(=O)N1CCC(c2nc(C(=O)NNC(=O)c3ccccn3)cs2)CC1. The number of hydrogen-bond acceptors (Lipinski definition) is 9. The molecule has 11 nitrogen and oxygen atoms in total. The highest BCUT2D eigenvalue weighted by molar-refractivity contribution is 7.09. The number of hydrazine groups is 1. The number of pyridine rings is 1. The third kappa shape index (κ3) is 7.83. The second kappa shape index (κ2) is 13.7. The molecule has 0 radical (unpaired) electrons. The fraction of sp³-hybridized carbons (Fsp3) is 0.500. The van der Waals surface area contributed by atoms with E-state index in [2.05, 4.69) is 20.8 Å². The van der Waals surface area contributed by atoms with E-state index in [0.717, 1.165) is 17.8 Å². The second-order valence-corrected chi connectivity index (χ2v) is 8.40. The van der Waals surface area contributed by atoms with Gasteiger partial charge in [-0.3, -0.25) is 30.2 Å². The summed E-state index contributed by atoms with van der Waals surface area (Å²) in [5, 5.41) is 2.51. The highest BCUT2D eigenvalue weighted by Crippen LogP contribution is 2.30. The average Bonchev–Trinajstić information content (AvgIpc) is 3.37. The van der Waals surface area contributed by atoms with Crippen molar-refractivity contribution in [2.24, 2.45) is 0 Å². The maximum absolute atomic E-state index is 12.3. The molecule has 34 heavy (non-hydrogen) atoms. The number of nitrogens with zero attached hydrogens (tertiary/aromatic N) is 3. The summed E-state index contributed by atoms with van der Waals surface area (Å²) in [6.07, 6.45) is 3.02. The second-order valence-electron chi connectivity index (χ2n) is 7.51. The lowest BCUT2D eigenvalue weighted by Gasteiger charge is -2.31. The van der Waals surface area contributed by atoms with Gasteiger partial charge in [0.1, 0.15) is 18.0 Å². The minimum absolute atomic E-state index is 0.0318. The molecule has 3 rings (SSSR count). The van der Waals surface area contributed by atoms with Gasteiger partial charge in [0.25, 0.3) is 11.8 Å². The van der Waals surface area contributed by atoms with Crippen molar-refractivity contribution in [3.63, 3.8) is 0 Å². The van der Waals surface area contributed by atoms with Gasteiger partial charge in [0.05, 0.1) is 31.4 Å². The summed E-state index contributed by atoms with van der Waals surface area (Å²) in [6, 6.07) is 4.93. The molecule has 3 heterocycles. The molecule has 1 saturated heterocycles. The summed E-state index contributed by atoms with van der Waals surface area (Å²) < 4.78 is 15.6. The number of methoxy groups -OCH3 is 1. The van der Waals surface area contributed by atoms with Crippen LogP contribution in [0.4, 0.5) is 0 Å². The molecule has 0 aliphatic carbocycles. The summed E-state index contributed by atoms with van der Waals surface area (Å²) in [5.74, 6) is -0.876. The molecule has 2 aromatic heterocycles. The number of aromatic nitrogens is 2. The zero-order chi connectivity index (χ0) is 24.2. The minimum Gasteiger partial charge on any atom is -0.382 e. The van der Waals surface area contributed by atoms with Crippen LogP contribution in [0.2, 0.25) is 0 Å². The molecule has 0 bridgehead atoms. The first kappa shape index (κ1) is 25.7. The summed E-state index contributed by atoms with van der Waals surface area (Å²) in [5.41, 5.74) is 5.12. The minimum atomic E-state index is -0.510. The van der Waals surface area contributed by atoms with Crippen molar-refractivity contribution in [2.75, 3.05) is 53.2 Å². The first-order valence-electron chi connectivity index (χ1n) is 11.0. The Morgan fingerprint density at radius 2 is 1.74 bits per heavy atom. The van der Waals surface area contributed by atoms with Crippen LogP contribution in [0, 0.1) is 0 Å². The maximum atomic E-state index is 12.3. The summed E-state index contributed by atoms with van der Waals surface area (Å²) >= 11 is 1.40. The van der Waals surface area contributed by atoms with Crippen LogP contribution >= 0.6 is 11.3 Å². The molecule has 2 aromatic rings. The van der Waals surface area contributed by atoms with Crippen molar-refractivity contribution >= 4 is 29.1 Å². The van der Waals surface area contributed by atoms with Crippen molar-refractivity contribution in [3.8, 4) is 0 Å². The van der Waals surface area contributed by atoms with Gasteiger partial charge in [-0.05, 0) is 25.0 Å². The van der Waals surface area contributed by atoms with Crippen molar-refractivity contribution in [1.82, 2.24) is 25.7 Å². The van der Waals surface area contributed by atoms with E-state index in [1.54, 1.807) is 35.6 Å². The summed E-state index contributed by atoms with van der Waals surface area (Å²) in [7, 11) is 1.61. The molecule has 2 N–H and O–H groups in total. The number of hydrogen-bond donors (Lipinski definition) is 2. The van der Waals surface area contributed by atoms with Gasteiger partial charge in [0.2, 0.25) is 5.91 Å². The molecule has 0 saturated carbocycles. The Morgan fingerprint density at radius 1 is 1.03 bits per heavy atom. The number of rotatable bonds is 11. The first-order chi connectivity index (χ1) is 16.6. The molecule has 0 atom stereocenters. The monoisotopic (exact) mass is 491 g/mol. The molecular formula is C22H29N5O6S. The molecule has 1 fully saturated rings. The number of thiazole rings is 1. The van der Waals surface area contributed by atoms with Crippen LogP contribution in [-0.2, 0) is 19.0 Å². The van der Waals surface area contributed by atoms with Gasteiger partial charge in [0, 0.05) is 37.7 Å². The average molecular weight is 492 g/mol. The van der Waals surface area contributed by atoms with Crippen LogP contribution in [0.3, 0.4) is 0 Å². The van der Waals surface area contributed by atoms with Gasteiger partial charge < -0.3 is 19.1 Å². The van der Waals surface area contributed by atoms with E-state index in [1.807, 2.05) is 0 Å². The lowest BCUT2D eigenvalue weighted by atomic mass is 9.97. The van der Waals surface area contributed by atoms with Gasteiger partial charge in [0.15, 0.2) is 0 Å². The number of piperidine rings is 1. The van der Waals surface area contributed by atoms with Gasteiger partial charge in [-0.15, -0.1) is 11.3 Å². The molecule has 0 unspecified atom stereocenters. The lowest BCUT2D eigenvalue weighted by Crippen LogP contribution is -2.42. The zero-order valence-electron chi connectivity index (χ0n) is 19.0. The lowest BCUT2D eigenvalue weighted by molar-refractivity contribution is -0.137. The van der Waals surface area contributed by atoms with E-state index < -0.39 is 11.8 Å². The van der Waals surface area contributed by atoms with Gasteiger partial charge in [-0.1, -0.05) is 6.07 Å². The van der Waals surface area contributed by atoms with Crippen LogP contribution in [0.15, 0.2) is 29.8 Å². The Hall–Kier alpha value is -2.93. The third-order valence-corrected chi connectivity index (χ3v) is 6.18. The number of nitrogens with one attached hydrogen (secondary N) is 2. The molecule has 1 aliphatic heterocycles. The molecule has 0 spiro atoms.